The second-order valence-electron chi connectivity index (χ2n) is 21.4. The Balaban J connectivity index is 1.33. The molecular weight excluding hydrogens is 772 g/mol. The summed E-state index contributed by atoms with van der Waals surface area (Å²) < 4.78 is 9.31. The molecule has 62 heavy (non-hydrogen) atoms. The zero-order valence-electron chi connectivity index (χ0n) is 39.1. The number of furan rings is 1. The van der Waals surface area contributed by atoms with E-state index in [0.717, 1.165) is 22.3 Å². The van der Waals surface area contributed by atoms with Gasteiger partial charge in [-0.1, -0.05) is 123 Å². The molecule has 0 amide bonds. The van der Waals surface area contributed by atoms with Gasteiger partial charge in [-0.25, -0.2) is 0 Å². The number of aryl methyl sites for hydroxylation is 5. The summed E-state index contributed by atoms with van der Waals surface area (Å²) in [5, 5.41) is 2.45. The first kappa shape index (κ1) is 40.6. The molecule has 2 aromatic heterocycles. The molecule has 0 saturated carbocycles. The fraction of sp³-hybridized carbons (Fsp3) is 0.298. The van der Waals surface area contributed by atoms with Gasteiger partial charge in [0.15, 0.2) is 0 Å². The Kier molecular flexibility index (Phi) is 8.99. The Morgan fingerprint density at radius 3 is 1.66 bits per heavy atom. The van der Waals surface area contributed by atoms with Crippen LogP contribution in [0.4, 0.5) is 34.1 Å². The van der Waals surface area contributed by atoms with E-state index >= 15 is 0 Å². The maximum absolute atomic E-state index is 6.59. The van der Waals surface area contributed by atoms with Gasteiger partial charge in [0.25, 0.3) is 6.71 Å². The molecule has 0 radical (unpaired) electrons. The lowest BCUT2D eigenvalue weighted by atomic mass is 9.36. The van der Waals surface area contributed by atoms with Crippen molar-refractivity contribution in [3.8, 4) is 11.3 Å². The van der Waals surface area contributed by atoms with Crippen molar-refractivity contribution in [2.75, 3.05) is 9.80 Å². The maximum atomic E-state index is 6.59. The van der Waals surface area contributed by atoms with Gasteiger partial charge in [-0.3, -0.25) is 0 Å². The molecule has 4 heterocycles. The Bertz CT molecular complexity index is 3080. The Morgan fingerprint density at radius 1 is 0.516 bits per heavy atom. The number of thiophene rings is 1. The standard InChI is InChI=1S/C57H59BN2OS/c1-32-23-45-50-46(24-32)60(52-35(4)27-41(28-36(52)5)57(12,13)14)53-42-31-39(55(6,7)8)20-22-49(42)62-54(53)58(50)43-21-19-38(48-30-37-17-15-16-18-47(37)61-48)29-44(43)59(45)51-33(2)25-40(26-34(51)3)56(9,10)11/h15-31H,1-14H3. The third-order valence-electron chi connectivity index (χ3n) is 13.5. The third-order valence-corrected chi connectivity index (χ3v) is 14.8. The third kappa shape index (κ3) is 6.28. The molecule has 0 unspecified atom stereocenters. The summed E-state index contributed by atoms with van der Waals surface area (Å²) in [4.78, 5) is 5.28. The van der Waals surface area contributed by atoms with E-state index < -0.39 is 0 Å². The highest BCUT2D eigenvalue weighted by Crippen LogP contribution is 2.52. The monoisotopic (exact) mass is 830 g/mol. The van der Waals surface area contributed by atoms with E-state index in [-0.39, 0.29) is 23.0 Å². The average molecular weight is 831 g/mol. The molecule has 8 aromatic rings. The molecule has 0 spiro atoms. The molecule has 0 bridgehead atoms. The predicted molar refractivity (Wildman–Crippen MR) is 271 cm³/mol. The second kappa shape index (κ2) is 13.7. The molecule has 312 valence electrons. The molecule has 2 aliphatic rings. The zero-order valence-corrected chi connectivity index (χ0v) is 39.9. The van der Waals surface area contributed by atoms with Crippen molar-refractivity contribution >= 4 is 88.9 Å². The van der Waals surface area contributed by atoms with Crippen LogP contribution in [0.1, 0.15) is 107 Å². The van der Waals surface area contributed by atoms with Crippen LogP contribution in [-0.4, -0.2) is 6.71 Å². The molecule has 2 aliphatic heterocycles. The van der Waals surface area contributed by atoms with Crippen molar-refractivity contribution in [2.24, 2.45) is 0 Å². The van der Waals surface area contributed by atoms with E-state index in [1.807, 2.05) is 11.3 Å². The Labute approximate surface area is 373 Å². The smallest absolute Gasteiger partial charge is 0.264 e. The van der Waals surface area contributed by atoms with Crippen LogP contribution in [0.25, 0.3) is 32.4 Å². The van der Waals surface area contributed by atoms with Crippen molar-refractivity contribution in [2.45, 2.75) is 113 Å². The fourth-order valence-corrected chi connectivity index (χ4v) is 11.6. The zero-order chi connectivity index (χ0) is 43.9. The van der Waals surface area contributed by atoms with E-state index in [0.29, 0.717) is 0 Å². The molecule has 3 nitrogen and oxygen atoms in total. The van der Waals surface area contributed by atoms with Crippen LogP contribution in [0.5, 0.6) is 0 Å². The molecule has 0 atom stereocenters. The molecule has 0 aliphatic carbocycles. The second-order valence-corrected chi connectivity index (χ2v) is 22.5. The lowest BCUT2D eigenvalue weighted by Gasteiger charge is -2.45. The lowest BCUT2D eigenvalue weighted by Crippen LogP contribution is -2.60. The first-order valence-corrected chi connectivity index (χ1v) is 23.2. The first-order chi connectivity index (χ1) is 29.2. The van der Waals surface area contributed by atoms with Gasteiger partial charge in [0, 0.05) is 42.9 Å². The minimum Gasteiger partial charge on any atom is -0.456 e. The van der Waals surface area contributed by atoms with E-state index in [1.54, 1.807) is 0 Å². The Hall–Kier alpha value is -5.52. The van der Waals surface area contributed by atoms with Crippen LogP contribution in [0.2, 0.25) is 0 Å². The summed E-state index contributed by atoms with van der Waals surface area (Å²) in [5.41, 5.74) is 22.8. The van der Waals surface area contributed by atoms with Crippen LogP contribution < -0.4 is 25.5 Å². The summed E-state index contributed by atoms with van der Waals surface area (Å²) >= 11 is 1.98. The minimum atomic E-state index is 0.00755. The first-order valence-electron chi connectivity index (χ1n) is 22.4. The Morgan fingerprint density at radius 2 is 1.08 bits per heavy atom. The van der Waals surface area contributed by atoms with Gasteiger partial charge in [0.05, 0.1) is 17.1 Å². The summed E-state index contributed by atoms with van der Waals surface area (Å²) in [6.45, 7) is 32.5. The van der Waals surface area contributed by atoms with Gasteiger partial charge in [0.2, 0.25) is 0 Å². The van der Waals surface area contributed by atoms with Crippen LogP contribution in [0, 0.1) is 34.6 Å². The van der Waals surface area contributed by atoms with Gasteiger partial charge in [-0.05, 0) is 149 Å². The highest BCUT2D eigenvalue weighted by molar-refractivity contribution is 7.33. The molecule has 5 heteroatoms. The quantitative estimate of drug-likeness (QED) is 0.165. The van der Waals surface area contributed by atoms with Gasteiger partial charge < -0.3 is 14.2 Å². The molecule has 0 fully saturated rings. The lowest BCUT2D eigenvalue weighted by molar-refractivity contribution is 0.589. The summed E-state index contributed by atoms with van der Waals surface area (Å²) in [6, 6.07) is 39.5. The number of fused-ring (bicyclic) bond motifs is 7. The molecule has 0 saturated heterocycles. The number of hydrogen-bond acceptors (Lipinski definition) is 4. The van der Waals surface area contributed by atoms with Crippen molar-refractivity contribution < 1.29 is 4.42 Å². The normalized spacial score (nSPS) is 13.9. The number of benzene rings is 6. The highest BCUT2D eigenvalue weighted by atomic mass is 32.1. The van der Waals surface area contributed by atoms with Gasteiger partial charge in [0.1, 0.15) is 11.3 Å². The number of para-hydroxylation sites is 1. The molecule has 10 rings (SSSR count). The topological polar surface area (TPSA) is 19.6 Å². The molecule has 0 N–H and O–H groups in total. The van der Waals surface area contributed by atoms with Gasteiger partial charge in [-0.2, -0.15) is 0 Å². The summed E-state index contributed by atoms with van der Waals surface area (Å²) in [7, 11) is 0. The van der Waals surface area contributed by atoms with E-state index in [9.17, 15) is 0 Å². The minimum absolute atomic E-state index is 0.00755. The van der Waals surface area contributed by atoms with Crippen LogP contribution in [-0.2, 0) is 16.2 Å². The summed E-state index contributed by atoms with van der Waals surface area (Å²) in [6.07, 6.45) is 0. The fourth-order valence-electron chi connectivity index (χ4n) is 10.3. The van der Waals surface area contributed by atoms with Crippen LogP contribution in [0.3, 0.4) is 0 Å². The number of rotatable bonds is 3. The van der Waals surface area contributed by atoms with Crippen molar-refractivity contribution in [3.05, 3.63) is 148 Å². The van der Waals surface area contributed by atoms with Gasteiger partial charge >= 0.3 is 0 Å². The number of nitrogens with zero attached hydrogens (tertiary/aromatic N) is 2. The largest absolute Gasteiger partial charge is 0.456 e. The van der Waals surface area contributed by atoms with Crippen molar-refractivity contribution in [1.82, 2.24) is 0 Å². The van der Waals surface area contributed by atoms with Crippen LogP contribution >= 0.6 is 11.3 Å². The highest BCUT2D eigenvalue weighted by Gasteiger charge is 2.46. The number of hydrogen-bond donors (Lipinski definition) is 0. The van der Waals surface area contributed by atoms with Gasteiger partial charge in [-0.15, -0.1) is 11.3 Å². The predicted octanol–water partition coefficient (Wildman–Crippen LogP) is 14.8. The van der Waals surface area contributed by atoms with E-state index in [2.05, 4.69) is 210 Å². The van der Waals surface area contributed by atoms with E-state index in [1.165, 1.54) is 104 Å². The number of anilines is 6. The van der Waals surface area contributed by atoms with Crippen molar-refractivity contribution in [3.63, 3.8) is 0 Å². The average Bonchev–Trinajstić information content (AvgIpc) is 3.79. The maximum Gasteiger partial charge on any atom is 0.264 e. The van der Waals surface area contributed by atoms with Crippen LogP contribution in [0.15, 0.2) is 108 Å². The SMILES string of the molecule is Cc1cc2c3c(c1)N(c1c(C)cc(C(C)(C)C)cc1C)c1c(sc4ccc(C(C)(C)C)cc14)B3c1ccc(-c3cc4ccccc4o3)cc1N2c1c(C)cc(C(C)(C)C)cc1C. The van der Waals surface area contributed by atoms with Crippen molar-refractivity contribution in [1.29, 1.82) is 0 Å². The summed E-state index contributed by atoms with van der Waals surface area (Å²) in [5.74, 6) is 0.887. The van der Waals surface area contributed by atoms with E-state index in [4.69, 9.17) is 4.42 Å². The molecule has 6 aromatic carbocycles. The molecular formula is C57H59BN2OS.